The Bertz CT molecular complexity index is 365. The van der Waals surface area contributed by atoms with Crippen molar-refractivity contribution in [2.45, 2.75) is 20.3 Å². The van der Waals surface area contributed by atoms with Gasteiger partial charge in [-0.15, -0.1) is 0 Å². The van der Waals surface area contributed by atoms with Crippen LogP contribution in [0.5, 0.6) is 5.75 Å². The Hall–Kier alpha value is -1.06. The molecular formula is C12H15ClO3. The Morgan fingerprint density at radius 1 is 1.38 bits per heavy atom. The van der Waals surface area contributed by atoms with E-state index in [1.165, 1.54) is 0 Å². The molecule has 0 aliphatic heterocycles. The summed E-state index contributed by atoms with van der Waals surface area (Å²) in [4.78, 5) is 10.8. The fourth-order valence-electron chi connectivity index (χ4n) is 1.35. The Morgan fingerprint density at radius 2 is 1.94 bits per heavy atom. The predicted molar refractivity (Wildman–Crippen MR) is 63.1 cm³/mol. The maximum absolute atomic E-state index is 10.8. The Balaban J connectivity index is 2.58. The summed E-state index contributed by atoms with van der Waals surface area (Å²) in [6.07, 6.45) is 0.219. The monoisotopic (exact) mass is 242 g/mol. The number of aliphatic hydroxyl groups excluding tert-OH is 1. The van der Waals surface area contributed by atoms with Crippen LogP contribution in [0.1, 0.15) is 17.5 Å². The normalized spacial score (nSPS) is 10.2. The number of carbonyl (C=O) groups excluding carboxylic acids is 1. The van der Waals surface area contributed by atoms with E-state index in [1.807, 2.05) is 26.0 Å². The number of halogens is 1. The molecule has 0 aliphatic carbocycles. The summed E-state index contributed by atoms with van der Waals surface area (Å²) >= 11 is 6.01. The van der Waals surface area contributed by atoms with Gasteiger partial charge in [-0.25, -0.2) is 0 Å². The third kappa shape index (κ3) is 3.51. The van der Waals surface area contributed by atoms with Crippen LogP contribution in [-0.2, 0) is 4.79 Å². The van der Waals surface area contributed by atoms with Gasteiger partial charge in [-0.05, 0) is 37.1 Å². The molecule has 0 radical (unpaired) electrons. The molecule has 0 fully saturated rings. The van der Waals surface area contributed by atoms with E-state index in [0.29, 0.717) is 5.75 Å². The van der Waals surface area contributed by atoms with Gasteiger partial charge in [0.25, 0.3) is 0 Å². The van der Waals surface area contributed by atoms with Gasteiger partial charge in [-0.1, -0.05) is 11.6 Å². The summed E-state index contributed by atoms with van der Waals surface area (Å²) in [6.45, 7) is 3.66. The van der Waals surface area contributed by atoms with Crippen molar-refractivity contribution < 1.29 is 14.6 Å². The first-order valence-electron chi connectivity index (χ1n) is 5.06. The molecule has 4 heteroatoms. The summed E-state index contributed by atoms with van der Waals surface area (Å²) in [5.41, 5.74) is 1.90. The second-order valence-corrected chi connectivity index (χ2v) is 4.04. The van der Waals surface area contributed by atoms with Crippen molar-refractivity contribution in [2.24, 2.45) is 0 Å². The number of aryl methyl sites for hydroxylation is 2. The molecule has 0 spiro atoms. The van der Waals surface area contributed by atoms with Crippen LogP contribution in [-0.4, -0.2) is 24.1 Å². The molecule has 1 N–H and O–H groups in total. The maximum Gasteiger partial charge on any atom is 0.161 e. The molecule has 0 atom stereocenters. The van der Waals surface area contributed by atoms with Crippen molar-refractivity contribution in [1.82, 2.24) is 0 Å². The molecule has 0 aromatic heterocycles. The summed E-state index contributed by atoms with van der Waals surface area (Å²) in [5, 5.41) is 9.27. The first-order valence-corrected chi connectivity index (χ1v) is 5.44. The quantitative estimate of drug-likeness (QED) is 0.862. The summed E-state index contributed by atoms with van der Waals surface area (Å²) < 4.78 is 5.40. The first kappa shape index (κ1) is 13.0. The van der Waals surface area contributed by atoms with E-state index in [2.05, 4.69) is 0 Å². The highest BCUT2D eigenvalue weighted by Gasteiger charge is 2.04. The van der Waals surface area contributed by atoms with Gasteiger partial charge in [0.1, 0.15) is 12.4 Å². The lowest BCUT2D eigenvalue weighted by atomic mass is 10.1. The van der Waals surface area contributed by atoms with E-state index in [9.17, 15) is 4.79 Å². The Morgan fingerprint density at radius 3 is 2.44 bits per heavy atom. The Labute approximate surface area is 100.0 Å². The van der Waals surface area contributed by atoms with Crippen LogP contribution in [0.15, 0.2) is 12.1 Å². The highest BCUT2D eigenvalue weighted by atomic mass is 35.5. The summed E-state index contributed by atoms with van der Waals surface area (Å²) in [7, 11) is 0. The minimum absolute atomic E-state index is 0.219. The topological polar surface area (TPSA) is 46.5 Å². The molecule has 16 heavy (non-hydrogen) atoms. The molecule has 1 rings (SSSR count). The molecule has 0 saturated carbocycles. The van der Waals surface area contributed by atoms with Crippen molar-refractivity contribution in [2.75, 3.05) is 13.2 Å². The van der Waals surface area contributed by atoms with Gasteiger partial charge in [0, 0.05) is 11.4 Å². The van der Waals surface area contributed by atoms with Gasteiger partial charge in [0.05, 0.1) is 6.61 Å². The van der Waals surface area contributed by atoms with E-state index in [-0.39, 0.29) is 18.8 Å². The average molecular weight is 243 g/mol. The number of hydrogen-bond donors (Lipinski definition) is 1. The maximum atomic E-state index is 10.8. The van der Waals surface area contributed by atoms with Crippen LogP contribution in [0, 0.1) is 13.8 Å². The number of ketones is 1. The van der Waals surface area contributed by atoms with Crippen LogP contribution in [0.2, 0.25) is 5.02 Å². The highest BCUT2D eigenvalue weighted by molar-refractivity contribution is 6.32. The molecule has 3 nitrogen and oxygen atoms in total. The smallest absolute Gasteiger partial charge is 0.161 e. The number of rotatable bonds is 5. The first-order chi connectivity index (χ1) is 7.54. The minimum Gasteiger partial charge on any atom is -0.493 e. The molecular weight excluding hydrogens is 228 g/mol. The van der Waals surface area contributed by atoms with Crippen molar-refractivity contribution in [3.63, 3.8) is 0 Å². The number of ether oxygens (including phenoxy) is 1. The van der Waals surface area contributed by atoms with Crippen LogP contribution < -0.4 is 4.74 Å². The molecule has 1 aromatic rings. The zero-order valence-corrected chi connectivity index (χ0v) is 10.2. The summed E-state index contributed by atoms with van der Waals surface area (Å²) in [6, 6.07) is 3.66. The number of hydrogen-bond acceptors (Lipinski definition) is 3. The van der Waals surface area contributed by atoms with Crippen molar-refractivity contribution in [3.8, 4) is 5.75 Å². The third-order valence-electron chi connectivity index (χ3n) is 2.24. The second-order valence-electron chi connectivity index (χ2n) is 3.67. The van der Waals surface area contributed by atoms with Crippen LogP contribution in [0.3, 0.4) is 0 Å². The largest absolute Gasteiger partial charge is 0.493 e. The molecule has 88 valence electrons. The van der Waals surface area contributed by atoms with Crippen molar-refractivity contribution >= 4 is 17.4 Å². The van der Waals surface area contributed by atoms with Gasteiger partial charge in [-0.2, -0.15) is 0 Å². The van der Waals surface area contributed by atoms with E-state index >= 15 is 0 Å². The van der Waals surface area contributed by atoms with Gasteiger partial charge < -0.3 is 9.84 Å². The lowest BCUT2D eigenvalue weighted by Crippen LogP contribution is -2.09. The van der Waals surface area contributed by atoms with E-state index in [1.54, 1.807) is 0 Å². The molecule has 0 heterocycles. The van der Waals surface area contributed by atoms with Crippen LogP contribution >= 0.6 is 11.6 Å². The average Bonchev–Trinajstić information content (AvgIpc) is 2.25. The Kier molecular flexibility index (Phi) is 4.77. The fraction of sp³-hybridized carbons (Fsp3) is 0.417. The van der Waals surface area contributed by atoms with Gasteiger partial charge in [0.2, 0.25) is 0 Å². The van der Waals surface area contributed by atoms with Crippen molar-refractivity contribution in [1.29, 1.82) is 0 Å². The lowest BCUT2D eigenvalue weighted by molar-refractivity contribution is -0.122. The number of benzene rings is 1. The standard InChI is InChI=1S/C12H15ClO3/c1-8-5-11(6-9(2)12(8)13)16-4-3-10(15)7-14/h5-6,14H,3-4,7H2,1-2H3. The minimum atomic E-state index is -0.429. The van der Waals surface area contributed by atoms with Crippen LogP contribution in [0.25, 0.3) is 0 Å². The molecule has 0 unspecified atom stereocenters. The van der Waals surface area contributed by atoms with E-state index in [0.717, 1.165) is 16.1 Å². The van der Waals surface area contributed by atoms with Gasteiger partial charge in [0.15, 0.2) is 5.78 Å². The second kappa shape index (κ2) is 5.87. The zero-order chi connectivity index (χ0) is 12.1. The molecule has 0 saturated heterocycles. The van der Waals surface area contributed by atoms with Crippen LogP contribution in [0.4, 0.5) is 0 Å². The van der Waals surface area contributed by atoms with Gasteiger partial charge in [-0.3, -0.25) is 4.79 Å². The fourth-order valence-corrected chi connectivity index (χ4v) is 1.46. The SMILES string of the molecule is Cc1cc(OCCC(=O)CO)cc(C)c1Cl. The zero-order valence-electron chi connectivity index (χ0n) is 9.42. The molecule has 0 bridgehead atoms. The molecule has 1 aromatic carbocycles. The highest BCUT2D eigenvalue weighted by Crippen LogP contribution is 2.25. The number of Topliss-reactive ketones (excluding diaryl/α,β-unsaturated/α-hetero) is 1. The van der Waals surface area contributed by atoms with Gasteiger partial charge >= 0.3 is 0 Å². The third-order valence-corrected chi connectivity index (χ3v) is 2.83. The molecule has 0 aliphatic rings. The van der Waals surface area contributed by atoms with E-state index in [4.69, 9.17) is 21.4 Å². The number of carbonyl (C=O) groups is 1. The predicted octanol–water partition coefficient (Wildman–Crippen LogP) is 2.29. The lowest BCUT2D eigenvalue weighted by Gasteiger charge is -2.09. The van der Waals surface area contributed by atoms with Crippen molar-refractivity contribution in [3.05, 3.63) is 28.3 Å². The summed E-state index contributed by atoms with van der Waals surface area (Å²) in [5.74, 6) is 0.479. The van der Waals surface area contributed by atoms with E-state index < -0.39 is 6.61 Å². The number of aliphatic hydroxyl groups is 1. The molecule has 0 amide bonds.